The highest BCUT2D eigenvalue weighted by atomic mass is 79.9. The van der Waals surface area contributed by atoms with Crippen LogP contribution in [0.25, 0.3) is 0 Å². The lowest BCUT2D eigenvalue weighted by molar-refractivity contribution is 0.103. The zero-order valence-electron chi connectivity index (χ0n) is 8.45. The number of halogens is 2. The summed E-state index contributed by atoms with van der Waals surface area (Å²) in [7, 11) is 1.69. The van der Waals surface area contributed by atoms with Crippen LogP contribution in [0.4, 0.5) is 0 Å². The minimum atomic E-state index is -0.127. The summed E-state index contributed by atoms with van der Waals surface area (Å²) in [6, 6.07) is 7.13. The van der Waals surface area contributed by atoms with Gasteiger partial charge in [-0.3, -0.25) is 9.48 Å². The van der Waals surface area contributed by atoms with E-state index in [4.69, 9.17) is 11.6 Å². The van der Waals surface area contributed by atoms with Crippen LogP contribution in [0, 0.1) is 0 Å². The second-order valence-corrected chi connectivity index (χ2v) is 4.62. The molecule has 0 saturated heterocycles. The van der Waals surface area contributed by atoms with E-state index < -0.39 is 0 Å². The molecule has 16 heavy (non-hydrogen) atoms. The van der Waals surface area contributed by atoms with Crippen LogP contribution in [-0.2, 0) is 7.05 Å². The van der Waals surface area contributed by atoms with Crippen LogP contribution >= 0.6 is 27.5 Å². The van der Waals surface area contributed by atoms with E-state index in [1.165, 1.54) is 10.9 Å². The molecule has 1 heterocycles. The molecule has 0 aliphatic heterocycles. The monoisotopic (exact) mass is 298 g/mol. The van der Waals surface area contributed by atoms with Gasteiger partial charge in [0.05, 0.1) is 11.2 Å². The van der Waals surface area contributed by atoms with E-state index in [1.807, 2.05) is 12.1 Å². The van der Waals surface area contributed by atoms with Crippen molar-refractivity contribution in [3.8, 4) is 0 Å². The molecule has 0 aliphatic rings. The number of nitrogens with zero attached hydrogens (tertiary/aromatic N) is 2. The second kappa shape index (κ2) is 4.39. The molecule has 82 valence electrons. The van der Waals surface area contributed by atoms with Gasteiger partial charge in [0.25, 0.3) is 0 Å². The molecule has 1 aromatic carbocycles. The molecule has 0 amide bonds. The smallest absolute Gasteiger partial charge is 0.212 e. The first kappa shape index (κ1) is 11.4. The lowest BCUT2D eigenvalue weighted by atomic mass is 10.1. The zero-order chi connectivity index (χ0) is 11.7. The fourth-order valence-electron chi connectivity index (χ4n) is 1.40. The Hall–Kier alpha value is -1.13. The highest BCUT2D eigenvalue weighted by Gasteiger charge is 2.17. The normalized spacial score (nSPS) is 10.4. The molecule has 0 radical (unpaired) electrons. The van der Waals surface area contributed by atoms with Crippen LogP contribution in [0.5, 0.6) is 0 Å². The van der Waals surface area contributed by atoms with Crippen LogP contribution in [0.2, 0.25) is 5.02 Å². The van der Waals surface area contributed by atoms with E-state index in [2.05, 4.69) is 21.0 Å². The average Bonchev–Trinajstić information content (AvgIpc) is 2.59. The van der Waals surface area contributed by atoms with Crippen molar-refractivity contribution < 1.29 is 4.79 Å². The minimum absolute atomic E-state index is 0.127. The third-order valence-electron chi connectivity index (χ3n) is 2.22. The van der Waals surface area contributed by atoms with Crippen molar-refractivity contribution in [2.24, 2.45) is 7.05 Å². The summed E-state index contributed by atoms with van der Waals surface area (Å²) in [5, 5.41) is 4.31. The molecule has 3 nitrogen and oxygen atoms in total. The Morgan fingerprint density at radius 1 is 1.38 bits per heavy atom. The molecular formula is C11H8BrClN2O. The zero-order valence-corrected chi connectivity index (χ0v) is 10.8. The number of hydrogen-bond donors (Lipinski definition) is 0. The van der Waals surface area contributed by atoms with E-state index in [1.54, 1.807) is 19.2 Å². The molecule has 0 N–H and O–H groups in total. The van der Waals surface area contributed by atoms with Gasteiger partial charge < -0.3 is 0 Å². The van der Waals surface area contributed by atoms with Crippen molar-refractivity contribution >= 4 is 33.3 Å². The standard InChI is InChI=1S/C11H8BrClN2O/c1-15-10(9(13)6-14-15)11(16)7-2-4-8(12)5-3-7/h2-6H,1H3. The van der Waals surface area contributed by atoms with E-state index in [0.717, 1.165) is 4.47 Å². The predicted molar refractivity (Wildman–Crippen MR) is 65.8 cm³/mol. The molecule has 0 saturated carbocycles. The van der Waals surface area contributed by atoms with Crippen molar-refractivity contribution in [1.29, 1.82) is 0 Å². The van der Waals surface area contributed by atoms with Gasteiger partial charge in [0, 0.05) is 17.1 Å². The summed E-state index contributed by atoms with van der Waals surface area (Å²) in [4.78, 5) is 12.1. The van der Waals surface area contributed by atoms with Gasteiger partial charge in [-0.25, -0.2) is 0 Å². The van der Waals surface area contributed by atoms with E-state index in [0.29, 0.717) is 16.3 Å². The first-order valence-corrected chi connectivity index (χ1v) is 5.74. The molecule has 0 bridgehead atoms. The molecule has 0 unspecified atom stereocenters. The highest BCUT2D eigenvalue weighted by molar-refractivity contribution is 9.10. The maximum atomic E-state index is 12.1. The summed E-state index contributed by atoms with van der Waals surface area (Å²) in [6.07, 6.45) is 1.47. The van der Waals surface area contributed by atoms with Crippen molar-refractivity contribution in [3.63, 3.8) is 0 Å². The largest absolute Gasteiger partial charge is 0.287 e. The van der Waals surface area contributed by atoms with Crippen LogP contribution in [0.3, 0.4) is 0 Å². The maximum absolute atomic E-state index is 12.1. The van der Waals surface area contributed by atoms with Crippen LogP contribution in [0.1, 0.15) is 16.1 Å². The van der Waals surface area contributed by atoms with Crippen LogP contribution < -0.4 is 0 Å². The third-order valence-corrected chi connectivity index (χ3v) is 3.02. The molecule has 0 spiro atoms. The average molecular weight is 300 g/mol. The molecular weight excluding hydrogens is 291 g/mol. The molecule has 5 heteroatoms. The summed E-state index contributed by atoms with van der Waals surface area (Å²) >= 11 is 9.23. The Balaban J connectivity index is 2.43. The van der Waals surface area contributed by atoms with Crippen molar-refractivity contribution in [2.75, 3.05) is 0 Å². The second-order valence-electron chi connectivity index (χ2n) is 3.30. The number of carbonyl (C=O) groups is 1. The van der Waals surface area contributed by atoms with Crippen LogP contribution in [0.15, 0.2) is 34.9 Å². The molecule has 0 aliphatic carbocycles. The SMILES string of the molecule is Cn1ncc(Cl)c1C(=O)c1ccc(Br)cc1. The van der Waals surface area contributed by atoms with Crippen LogP contribution in [-0.4, -0.2) is 15.6 Å². The summed E-state index contributed by atoms with van der Waals surface area (Å²) < 4.78 is 2.41. The number of aromatic nitrogens is 2. The van der Waals surface area contributed by atoms with Crippen molar-refractivity contribution in [1.82, 2.24) is 9.78 Å². The summed E-state index contributed by atoms with van der Waals surface area (Å²) in [6.45, 7) is 0. The fourth-order valence-corrected chi connectivity index (χ4v) is 1.92. The number of benzene rings is 1. The van der Waals surface area contributed by atoms with Gasteiger partial charge in [-0.1, -0.05) is 27.5 Å². The third kappa shape index (κ3) is 2.03. The van der Waals surface area contributed by atoms with E-state index >= 15 is 0 Å². The van der Waals surface area contributed by atoms with Crippen molar-refractivity contribution in [3.05, 3.63) is 51.2 Å². The number of hydrogen-bond acceptors (Lipinski definition) is 2. The first-order valence-electron chi connectivity index (χ1n) is 4.57. The highest BCUT2D eigenvalue weighted by Crippen LogP contribution is 2.19. The van der Waals surface area contributed by atoms with Gasteiger partial charge in [-0.15, -0.1) is 0 Å². The number of ketones is 1. The molecule has 2 rings (SSSR count). The summed E-state index contributed by atoms with van der Waals surface area (Å²) in [5.41, 5.74) is 0.998. The van der Waals surface area contributed by atoms with E-state index in [-0.39, 0.29) is 5.78 Å². The minimum Gasteiger partial charge on any atom is -0.287 e. The predicted octanol–water partition coefficient (Wildman–Crippen LogP) is 3.07. The van der Waals surface area contributed by atoms with Crippen molar-refractivity contribution in [2.45, 2.75) is 0 Å². The van der Waals surface area contributed by atoms with Gasteiger partial charge in [0.2, 0.25) is 5.78 Å². The first-order chi connectivity index (χ1) is 7.59. The van der Waals surface area contributed by atoms with Gasteiger partial charge in [0.1, 0.15) is 5.69 Å². The topological polar surface area (TPSA) is 34.9 Å². The quantitative estimate of drug-likeness (QED) is 0.799. The van der Waals surface area contributed by atoms with Gasteiger partial charge in [-0.05, 0) is 24.3 Å². The fraction of sp³-hybridized carbons (Fsp3) is 0.0909. The lowest BCUT2D eigenvalue weighted by Gasteiger charge is -2.02. The Morgan fingerprint density at radius 2 is 2.00 bits per heavy atom. The summed E-state index contributed by atoms with van der Waals surface area (Å²) in [5.74, 6) is -0.127. The van der Waals surface area contributed by atoms with E-state index in [9.17, 15) is 4.79 Å². The Labute approximate surface area is 106 Å². The molecule has 2 aromatic rings. The van der Waals surface area contributed by atoms with Gasteiger partial charge in [-0.2, -0.15) is 5.10 Å². The molecule has 1 aromatic heterocycles. The molecule has 0 atom stereocenters. The maximum Gasteiger partial charge on any atom is 0.212 e. The lowest BCUT2D eigenvalue weighted by Crippen LogP contribution is -2.08. The Bertz CT molecular complexity index is 514. The Kier molecular flexibility index (Phi) is 3.12. The van der Waals surface area contributed by atoms with Gasteiger partial charge >= 0.3 is 0 Å². The Morgan fingerprint density at radius 3 is 2.50 bits per heavy atom. The van der Waals surface area contributed by atoms with Gasteiger partial charge in [0.15, 0.2) is 0 Å². The molecule has 0 fully saturated rings. The number of carbonyl (C=O) groups excluding carboxylic acids is 1. The number of rotatable bonds is 2. The number of aryl methyl sites for hydroxylation is 1.